The Morgan fingerprint density at radius 3 is 2.42 bits per heavy atom. The third kappa shape index (κ3) is 3.92. The third-order valence-electron chi connectivity index (χ3n) is 4.29. The van der Waals surface area contributed by atoms with Crippen molar-refractivity contribution < 1.29 is 0 Å². The van der Waals surface area contributed by atoms with Crippen LogP contribution in [0, 0.1) is 11.3 Å². The van der Waals surface area contributed by atoms with E-state index in [0.717, 1.165) is 31.7 Å². The number of hydrogen-bond donors (Lipinski definition) is 2. The number of nitriles is 1. The minimum atomic E-state index is 0.346. The fourth-order valence-corrected chi connectivity index (χ4v) is 2.84. The maximum absolute atomic E-state index is 8.83. The van der Waals surface area contributed by atoms with Gasteiger partial charge in [0.25, 0.3) is 0 Å². The molecule has 7 heteroatoms. The molecule has 1 aliphatic heterocycles. The first-order valence-electron chi connectivity index (χ1n) is 8.39. The highest BCUT2D eigenvalue weighted by atomic mass is 15.3. The van der Waals surface area contributed by atoms with E-state index in [9.17, 15) is 0 Å². The van der Waals surface area contributed by atoms with Crippen molar-refractivity contribution in [1.29, 1.82) is 5.26 Å². The average Bonchev–Trinajstić information content (AvgIpc) is 2.72. The molecule has 132 valence electrons. The van der Waals surface area contributed by atoms with Crippen molar-refractivity contribution >= 4 is 17.3 Å². The van der Waals surface area contributed by atoms with E-state index in [-0.39, 0.29) is 0 Å². The molecule has 0 atom stereocenters. The molecule has 0 aliphatic carbocycles. The molecule has 1 saturated heterocycles. The van der Waals surface area contributed by atoms with E-state index in [0.29, 0.717) is 17.4 Å². The van der Waals surface area contributed by atoms with Crippen molar-refractivity contribution in [2.45, 2.75) is 0 Å². The number of aliphatic imine (C=N–C) groups is 1. The van der Waals surface area contributed by atoms with Crippen LogP contribution in [0.4, 0.5) is 5.69 Å². The summed E-state index contributed by atoms with van der Waals surface area (Å²) in [5, 5.41) is 8.83. The lowest BCUT2D eigenvalue weighted by Gasteiger charge is -2.36. The molecule has 2 aromatic rings. The van der Waals surface area contributed by atoms with Crippen LogP contribution in [0.25, 0.3) is 5.70 Å². The smallest absolute Gasteiger partial charge is 0.196 e. The van der Waals surface area contributed by atoms with Crippen molar-refractivity contribution in [1.82, 2.24) is 9.88 Å². The zero-order valence-corrected chi connectivity index (χ0v) is 14.4. The van der Waals surface area contributed by atoms with E-state index < -0.39 is 0 Å². The van der Waals surface area contributed by atoms with Crippen molar-refractivity contribution in [2.24, 2.45) is 16.5 Å². The summed E-state index contributed by atoms with van der Waals surface area (Å²) < 4.78 is 0. The summed E-state index contributed by atoms with van der Waals surface area (Å²) >= 11 is 0. The maximum atomic E-state index is 8.83. The number of rotatable bonds is 3. The van der Waals surface area contributed by atoms with Gasteiger partial charge in [0, 0.05) is 49.8 Å². The highest BCUT2D eigenvalue weighted by molar-refractivity contribution is 5.85. The fraction of sp³-hybridized carbons (Fsp3) is 0.211. The molecule has 26 heavy (non-hydrogen) atoms. The van der Waals surface area contributed by atoms with Crippen molar-refractivity contribution in [3.8, 4) is 6.07 Å². The van der Waals surface area contributed by atoms with Crippen LogP contribution < -0.4 is 16.4 Å². The summed E-state index contributed by atoms with van der Waals surface area (Å²) in [6.45, 7) is 3.32. The Balaban J connectivity index is 1.66. The first-order valence-corrected chi connectivity index (χ1v) is 8.39. The van der Waals surface area contributed by atoms with E-state index in [4.69, 9.17) is 16.7 Å². The normalized spacial score (nSPS) is 15.7. The van der Waals surface area contributed by atoms with E-state index in [2.05, 4.69) is 27.0 Å². The lowest BCUT2D eigenvalue weighted by Crippen LogP contribution is -2.51. The molecule has 1 aliphatic rings. The monoisotopic (exact) mass is 347 g/mol. The molecule has 1 fully saturated rings. The van der Waals surface area contributed by atoms with Gasteiger partial charge in [-0.25, -0.2) is 9.98 Å². The number of para-hydroxylation sites is 1. The number of pyridine rings is 1. The number of guanidine groups is 1. The summed E-state index contributed by atoms with van der Waals surface area (Å²) in [5.41, 5.74) is 14.7. The minimum Gasteiger partial charge on any atom is -0.403 e. The van der Waals surface area contributed by atoms with Crippen LogP contribution in [0.15, 0.2) is 59.9 Å². The average molecular weight is 347 g/mol. The maximum Gasteiger partial charge on any atom is 0.196 e. The molecule has 4 N–H and O–H groups in total. The van der Waals surface area contributed by atoms with E-state index in [1.807, 2.05) is 29.2 Å². The van der Waals surface area contributed by atoms with E-state index >= 15 is 0 Å². The van der Waals surface area contributed by atoms with E-state index in [1.54, 1.807) is 18.3 Å². The Morgan fingerprint density at radius 1 is 1.12 bits per heavy atom. The number of aromatic nitrogens is 1. The van der Waals surface area contributed by atoms with Crippen LogP contribution in [-0.2, 0) is 0 Å². The van der Waals surface area contributed by atoms with Crippen molar-refractivity contribution in [3.05, 3.63) is 66.1 Å². The minimum absolute atomic E-state index is 0.346. The first kappa shape index (κ1) is 17.3. The standard InChI is InChI=1S/C19H21N7/c20-12-16-7-6-15(14-23-16)18(13-21)24-19(22)26-10-8-25(9-11-26)17-4-2-1-3-5-17/h1-7,13-14H,8-11,21H2,(H2,22,24)/b18-13-. The summed E-state index contributed by atoms with van der Waals surface area (Å²) in [6, 6.07) is 15.7. The zero-order chi connectivity index (χ0) is 18.4. The molecular weight excluding hydrogens is 326 g/mol. The Bertz CT molecular complexity index is 826. The summed E-state index contributed by atoms with van der Waals surface area (Å²) in [5.74, 6) is 0.429. The van der Waals surface area contributed by atoms with Crippen LogP contribution in [0.1, 0.15) is 11.3 Å². The predicted molar refractivity (Wildman–Crippen MR) is 103 cm³/mol. The topological polar surface area (TPSA) is 108 Å². The third-order valence-corrected chi connectivity index (χ3v) is 4.29. The number of anilines is 1. The van der Waals surface area contributed by atoms with Gasteiger partial charge in [-0.3, -0.25) is 0 Å². The highest BCUT2D eigenvalue weighted by Crippen LogP contribution is 2.17. The quantitative estimate of drug-likeness (QED) is 0.641. The van der Waals surface area contributed by atoms with Gasteiger partial charge in [0.1, 0.15) is 11.8 Å². The number of benzene rings is 1. The van der Waals surface area contributed by atoms with Crippen molar-refractivity contribution in [2.75, 3.05) is 31.1 Å². The largest absolute Gasteiger partial charge is 0.403 e. The molecule has 0 radical (unpaired) electrons. The molecule has 0 amide bonds. The van der Waals surface area contributed by atoms with Crippen LogP contribution in [-0.4, -0.2) is 42.0 Å². The van der Waals surface area contributed by atoms with Gasteiger partial charge in [0.05, 0.1) is 5.70 Å². The predicted octanol–water partition coefficient (Wildman–Crippen LogP) is 1.35. The van der Waals surface area contributed by atoms with Crippen LogP contribution in [0.3, 0.4) is 0 Å². The first-order chi connectivity index (χ1) is 12.7. The number of piperazine rings is 1. The molecule has 0 saturated carbocycles. The van der Waals surface area contributed by atoms with Gasteiger partial charge < -0.3 is 21.3 Å². The lowest BCUT2D eigenvalue weighted by atomic mass is 10.2. The second kappa shape index (κ2) is 8.03. The van der Waals surface area contributed by atoms with Gasteiger partial charge in [-0.2, -0.15) is 5.26 Å². The molecule has 0 unspecified atom stereocenters. The van der Waals surface area contributed by atoms with Crippen LogP contribution in [0.5, 0.6) is 0 Å². The van der Waals surface area contributed by atoms with Gasteiger partial charge in [0.15, 0.2) is 5.96 Å². The second-order valence-corrected chi connectivity index (χ2v) is 5.88. The van der Waals surface area contributed by atoms with Gasteiger partial charge >= 0.3 is 0 Å². The van der Waals surface area contributed by atoms with Gasteiger partial charge in [0.2, 0.25) is 0 Å². The molecule has 7 nitrogen and oxygen atoms in total. The Kier molecular flexibility index (Phi) is 5.34. The Hall–Kier alpha value is -3.53. The van der Waals surface area contributed by atoms with Crippen LogP contribution >= 0.6 is 0 Å². The summed E-state index contributed by atoms with van der Waals surface area (Å²) in [6.07, 6.45) is 2.97. The van der Waals surface area contributed by atoms with E-state index in [1.165, 1.54) is 11.9 Å². The number of hydrogen-bond acceptors (Lipinski definition) is 5. The number of nitrogens with zero attached hydrogens (tertiary/aromatic N) is 5. The van der Waals surface area contributed by atoms with Gasteiger partial charge in [-0.1, -0.05) is 18.2 Å². The molecule has 1 aromatic carbocycles. The van der Waals surface area contributed by atoms with Gasteiger partial charge in [-0.05, 0) is 24.3 Å². The molecule has 0 spiro atoms. The van der Waals surface area contributed by atoms with Crippen LogP contribution in [0.2, 0.25) is 0 Å². The highest BCUT2D eigenvalue weighted by Gasteiger charge is 2.18. The molecule has 1 aromatic heterocycles. The number of nitrogens with two attached hydrogens (primary N) is 2. The fourth-order valence-electron chi connectivity index (χ4n) is 2.84. The second-order valence-electron chi connectivity index (χ2n) is 5.88. The lowest BCUT2D eigenvalue weighted by molar-refractivity contribution is 0.382. The summed E-state index contributed by atoms with van der Waals surface area (Å²) in [7, 11) is 0. The zero-order valence-electron chi connectivity index (χ0n) is 14.4. The molecule has 3 rings (SSSR count). The molecular formula is C19H21N7. The Morgan fingerprint density at radius 2 is 1.85 bits per heavy atom. The van der Waals surface area contributed by atoms with Crippen molar-refractivity contribution in [3.63, 3.8) is 0 Å². The Labute approximate surface area is 152 Å². The molecule has 2 heterocycles. The van der Waals surface area contributed by atoms with Gasteiger partial charge in [-0.15, -0.1) is 0 Å². The summed E-state index contributed by atoms with van der Waals surface area (Å²) in [4.78, 5) is 12.9. The molecule has 0 bridgehead atoms. The SMILES string of the molecule is N#Cc1ccc(/C(=C/N)N=C(N)N2CCN(c3ccccc3)CC2)cn1.